The van der Waals surface area contributed by atoms with Gasteiger partial charge in [-0.1, -0.05) is 146 Å². The Hall–Kier alpha value is -7.62. The monoisotopic (exact) mass is 742 g/mol. The molecule has 0 aliphatic heterocycles. The van der Waals surface area contributed by atoms with Crippen molar-refractivity contribution in [2.75, 3.05) is 4.90 Å². The van der Waals surface area contributed by atoms with Crippen LogP contribution in [0.4, 0.5) is 17.1 Å². The maximum Gasteiger partial charge on any atom is 0.145 e. The summed E-state index contributed by atoms with van der Waals surface area (Å²) in [7, 11) is 0. The molecule has 3 heteroatoms. The molecule has 0 aliphatic rings. The first-order valence-electron chi connectivity index (χ1n) is 19.9. The maximum atomic E-state index is 6.93. The van der Waals surface area contributed by atoms with Crippen LogP contribution in [0.25, 0.3) is 82.8 Å². The highest BCUT2D eigenvalue weighted by atomic mass is 16.3. The molecular formula is C55H38N2O. The average molecular weight is 743 g/mol. The SMILES string of the molecule is Cc1cc(N(c2ccccc2)c2ccc(-c3cccc(-n4c5ccccc5c5ccccc54)c3)c3oc4ccccc4c23)cc(-c2ccccc2)c1-c1ccccc1. The molecular weight excluding hydrogens is 705 g/mol. The van der Waals surface area contributed by atoms with Gasteiger partial charge < -0.3 is 13.9 Å². The molecule has 0 radical (unpaired) electrons. The molecule has 58 heavy (non-hydrogen) atoms. The van der Waals surface area contributed by atoms with Crippen molar-refractivity contribution in [1.82, 2.24) is 4.57 Å². The summed E-state index contributed by atoms with van der Waals surface area (Å²) < 4.78 is 9.31. The lowest BCUT2D eigenvalue weighted by molar-refractivity contribution is 0.670. The first kappa shape index (κ1) is 33.7. The van der Waals surface area contributed by atoms with Gasteiger partial charge in [0, 0.05) is 38.8 Å². The van der Waals surface area contributed by atoms with Gasteiger partial charge in [-0.25, -0.2) is 0 Å². The molecule has 0 aliphatic carbocycles. The third-order valence-corrected chi connectivity index (χ3v) is 11.5. The van der Waals surface area contributed by atoms with Gasteiger partial charge in [-0.05, 0) is 107 Å². The lowest BCUT2D eigenvalue weighted by Gasteiger charge is -2.28. The van der Waals surface area contributed by atoms with Gasteiger partial charge in [-0.2, -0.15) is 0 Å². The fourth-order valence-electron chi connectivity index (χ4n) is 8.97. The van der Waals surface area contributed by atoms with E-state index < -0.39 is 0 Å². The summed E-state index contributed by atoms with van der Waals surface area (Å²) in [5.74, 6) is 0. The third-order valence-electron chi connectivity index (χ3n) is 11.5. The van der Waals surface area contributed by atoms with Gasteiger partial charge in [0.2, 0.25) is 0 Å². The molecule has 0 N–H and O–H groups in total. The molecule has 0 saturated carbocycles. The van der Waals surface area contributed by atoms with Crippen molar-refractivity contribution in [3.8, 4) is 39.1 Å². The smallest absolute Gasteiger partial charge is 0.145 e. The van der Waals surface area contributed by atoms with Crippen molar-refractivity contribution in [3.05, 3.63) is 218 Å². The van der Waals surface area contributed by atoms with E-state index in [-0.39, 0.29) is 0 Å². The average Bonchev–Trinajstić information content (AvgIpc) is 3.84. The normalized spacial score (nSPS) is 11.5. The van der Waals surface area contributed by atoms with Crippen molar-refractivity contribution >= 4 is 60.8 Å². The maximum absolute atomic E-state index is 6.93. The Morgan fingerprint density at radius 1 is 0.431 bits per heavy atom. The molecule has 0 spiro atoms. The van der Waals surface area contributed by atoms with Gasteiger partial charge in [0.25, 0.3) is 0 Å². The van der Waals surface area contributed by atoms with Gasteiger partial charge in [0.1, 0.15) is 11.2 Å². The number of hydrogen-bond acceptors (Lipinski definition) is 2. The minimum atomic E-state index is 0.860. The fraction of sp³-hybridized carbons (Fsp3) is 0.0182. The molecule has 11 aromatic rings. The molecule has 0 bridgehead atoms. The number of para-hydroxylation sites is 4. The van der Waals surface area contributed by atoms with Gasteiger partial charge in [0.05, 0.1) is 22.1 Å². The van der Waals surface area contributed by atoms with Crippen LogP contribution in [0.15, 0.2) is 217 Å². The van der Waals surface area contributed by atoms with Crippen molar-refractivity contribution in [1.29, 1.82) is 0 Å². The standard InChI is InChI=1S/C55H38N2O/c1-37-34-43(36-48(38-18-5-2-6-19-38)53(37)39-20-7-3-8-21-39)56(41-23-9-4-10-24-41)51-33-32-44(55-54(51)47-28-13-16-31-52(47)58-55)40-22-17-25-42(35-40)57-49-29-14-11-26-45(49)46-27-12-15-30-50(46)57/h2-36H,1H3. The largest absolute Gasteiger partial charge is 0.455 e. The summed E-state index contributed by atoms with van der Waals surface area (Å²) in [6, 6.07) is 76.0. The number of hydrogen-bond donors (Lipinski definition) is 0. The molecule has 0 unspecified atom stereocenters. The molecule has 0 fully saturated rings. The number of nitrogens with zero attached hydrogens (tertiary/aromatic N) is 2. The van der Waals surface area contributed by atoms with E-state index in [0.29, 0.717) is 0 Å². The molecule has 0 atom stereocenters. The van der Waals surface area contributed by atoms with Crippen molar-refractivity contribution in [3.63, 3.8) is 0 Å². The summed E-state index contributed by atoms with van der Waals surface area (Å²) >= 11 is 0. The summed E-state index contributed by atoms with van der Waals surface area (Å²) in [5.41, 5.74) is 16.6. The van der Waals surface area contributed by atoms with Crippen LogP contribution in [0, 0.1) is 6.92 Å². The molecule has 0 saturated heterocycles. The molecule has 2 heterocycles. The highest BCUT2D eigenvalue weighted by Crippen LogP contribution is 2.48. The Kier molecular flexibility index (Phi) is 8.04. The van der Waals surface area contributed by atoms with E-state index >= 15 is 0 Å². The lowest BCUT2D eigenvalue weighted by atomic mass is 9.90. The molecule has 274 valence electrons. The summed E-state index contributed by atoms with van der Waals surface area (Å²) in [5, 5.41) is 4.65. The van der Waals surface area contributed by atoms with E-state index in [1.54, 1.807) is 0 Å². The highest BCUT2D eigenvalue weighted by molar-refractivity contribution is 6.17. The van der Waals surface area contributed by atoms with Crippen LogP contribution in [0.5, 0.6) is 0 Å². The number of fused-ring (bicyclic) bond motifs is 6. The van der Waals surface area contributed by atoms with Crippen LogP contribution < -0.4 is 4.90 Å². The van der Waals surface area contributed by atoms with Crippen LogP contribution in [0.2, 0.25) is 0 Å². The molecule has 0 amide bonds. The second-order valence-electron chi connectivity index (χ2n) is 14.9. The Morgan fingerprint density at radius 2 is 1.02 bits per heavy atom. The third kappa shape index (κ3) is 5.51. The summed E-state index contributed by atoms with van der Waals surface area (Å²) in [4.78, 5) is 2.40. The summed E-state index contributed by atoms with van der Waals surface area (Å²) in [6.07, 6.45) is 0. The number of aromatic nitrogens is 1. The highest BCUT2D eigenvalue weighted by Gasteiger charge is 2.24. The van der Waals surface area contributed by atoms with E-state index in [0.717, 1.165) is 55.8 Å². The zero-order valence-corrected chi connectivity index (χ0v) is 32.0. The van der Waals surface area contributed by atoms with Crippen LogP contribution in [-0.4, -0.2) is 4.57 Å². The Bertz CT molecular complexity index is 3230. The number of benzene rings is 9. The van der Waals surface area contributed by atoms with Gasteiger partial charge in [0.15, 0.2) is 0 Å². The first-order valence-corrected chi connectivity index (χ1v) is 19.9. The zero-order chi connectivity index (χ0) is 38.6. The minimum Gasteiger partial charge on any atom is -0.455 e. The van der Waals surface area contributed by atoms with Gasteiger partial charge in [-0.3, -0.25) is 0 Å². The van der Waals surface area contributed by atoms with Crippen LogP contribution >= 0.6 is 0 Å². The quantitative estimate of drug-likeness (QED) is 0.162. The number of furan rings is 1. The number of rotatable bonds is 7. The van der Waals surface area contributed by atoms with Crippen LogP contribution in [-0.2, 0) is 0 Å². The molecule has 11 rings (SSSR count). The Labute approximate surface area is 337 Å². The molecule has 2 aromatic heterocycles. The lowest BCUT2D eigenvalue weighted by Crippen LogP contribution is -2.11. The predicted molar refractivity (Wildman–Crippen MR) is 244 cm³/mol. The van der Waals surface area contributed by atoms with E-state index in [9.17, 15) is 0 Å². The zero-order valence-electron chi connectivity index (χ0n) is 32.0. The van der Waals surface area contributed by atoms with Crippen molar-refractivity contribution in [2.24, 2.45) is 0 Å². The van der Waals surface area contributed by atoms with E-state index in [1.165, 1.54) is 49.6 Å². The van der Waals surface area contributed by atoms with E-state index in [2.05, 4.69) is 229 Å². The van der Waals surface area contributed by atoms with Gasteiger partial charge in [-0.15, -0.1) is 0 Å². The molecule has 9 aromatic carbocycles. The first-order chi connectivity index (χ1) is 28.7. The fourth-order valence-corrected chi connectivity index (χ4v) is 8.97. The Balaban J connectivity index is 1.15. The second-order valence-corrected chi connectivity index (χ2v) is 14.9. The number of aryl methyl sites for hydroxylation is 1. The summed E-state index contributed by atoms with van der Waals surface area (Å²) in [6.45, 7) is 2.23. The second kappa shape index (κ2) is 13.8. The predicted octanol–water partition coefficient (Wildman–Crippen LogP) is 15.5. The van der Waals surface area contributed by atoms with Crippen LogP contribution in [0.1, 0.15) is 5.56 Å². The van der Waals surface area contributed by atoms with Crippen molar-refractivity contribution < 1.29 is 4.42 Å². The van der Waals surface area contributed by atoms with E-state index in [1.807, 2.05) is 0 Å². The topological polar surface area (TPSA) is 21.3 Å². The minimum absolute atomic E-state index is 0.860. The Morgan fingerprint density at radius 3 is 1.72 bits per heavy atom. The van der Waals surface area contributed by atoms with Crippen LogP contribution in [0.3, 0.4) is 0 Å². The number of anilines is 3. The molecule has 3 nitrogen and oxygen atoms in total. The van der Waals surface area contributed by atoms with Crippen molar-refractivity contribution in [2.45, 2.75) is 6.92 Å². The van der Waals surface area contributed by atoms with E-state index in [4.69, 9.17) is 4.42 Å². The van der Waals surface area contributed by atoms with Gasteiger partial charge >= 0.3 is 0 Å².